The van der Waals surface area contributed by atoms with Crippen molar-refractivity contribution in [2.24, 2.45) is 0 Å². The van der Waals surface area contributed by atoms with Crippen molar-refractivity contribution in [3.63, 3.8) is 0 Å². The van der Waals surface area contributed by atoms with Crippen LogP contribution in [0.2, 0.25) is 0 Å². The summed E-state index contributed by atoms with van der Waals surface area (Å²) < 4.78 is 4.74. The lowest BCUT2D eigenvalue weighted by Gasteiger charge is -2.13. The molecule has 1 aromatic rings. The van der Waals surface area contributed by atoms with E-state index in [4.69, 9.17) is 4.74 Å². The second-order valence-corrected chi connectivity index (χ2v) is 5.06. The van der Waals surface area contributed by atoms with Crippen LogP contribution in [0.25, 0.3) is 0 Å². The van der Waals surface area contributed by atoms with Crippen LogP contribution in [0.3, 0.4) is 0 Å². The van der Waals surface area contributed by atoms with Gasteiger partial charge in [-0.05, 0) is 30.8 Å². The van der Waals surface area contributed by atoms with Gasteiger partial charge >= 0.3 is 5.97 Å². The molecular weight excluding hydrogens is 280 g/mol. The van der Waals surface area contributed by atoms with Crippen molar-refractivity contribution in [3.8, 4) is 0 Å². The summed E-state index contributed by atoms with van der Waals surface area (Å²) in [6, 6.07) is 9.10. The molecule has 2 rings (SSSR count). The first kappa shape index (κ1) is 14.4. The number of carbonyl (C=O) groups is 3. The number of thioether (sulfide) groups is 1. The van der Waals surface area contributed by atoms with E-state index in [1.165, 1.54) is 0 Å². The summed E-state index contributed by atoms with van der Waals surface area (Å²) in [4.78, 5) is 36.1. The number of hydrogen-bond acceptors (Lipinski definition) is 6. The van der Waals surface area contributed by atoms with Crippen LogP contribution in [0.5, 0.6) is 0 Å². The Morgan fingerprint density at radius 2 is 2.05 bits per heavy atom. The highest BCUT2D eigenvalue weighted by atomic mass is 32.2. The molecule has 0 unspecified atom stereocenters. The molecule has 1 aliphatic rings. The number of rotatable bonds is 5. The normalized spacial score (nSPS) is 18.2. The van der Waals surface area contributed by atoms with Crippen molar-refractivity contribution in [1.29, 1.82) is 0 Å². The Bertz CT molecular complexity index is 520. The molecule has 2 amide bonds. The Morgan fingerprint density at radius 1 is 1.35 bits per heavy atom. The number of amides is 2. The van der Waals surface area contributed by atoms with Gasteiger partial charge in [0, 0.05) is 5.69 Å². The number of esters is 1. The van der Waals surface area contributed by atoms with Crippen LogP contribution in [0.1, 0.15) is 6.92 Å². The van der Waals surface area contributed by atoms with Crippen LogP contribution in [0.4, 0.5) is 10.5 Å². The van der Waals surface area contributed by atoms with Crippen LogP contribution in [0, 0.1) is 0 Å². The number of para-hydroxylation sites is 1. The van der Waals surface area contributed by atoms with Crippen LogP contribution in [-0.2, 0) is 14.3 Å². The summed E-state index contributed by atoms with van der Waals surface area (Å²) in [5.74, 6) is -1.02. The van der Waals surface area contributed by atoms with E-state index in [0.717, 1.165) is 22.3 Å². The zero-order chi connectivity index (χ0) is 14.5. The number of carbonyl (C=O) groups excluding carboxylic acids is 3. The van der Waals surface area contributed by atoms with Crippen LogP contribution < -0.4 is 5.32 Å². The molecule has 106 valence electrons. The van der Waals surface area contributed by atoms with Crippen molar-refractivity contribution >= 4 is 34.6 Å². The van der Waals surface area contributed by atoms with E-state index in [2.05, 4.69) is 5.32 Å². The number of hydrogen-bond donors (Lipinski definition) is 1. The van der Waals surface area contributed by atoms with Gasteiger partial charge in [-0.25, -0.2) is 0 Å². The fraction of sp³-hybridized carbons (Fsp3) is 0.308. The third-order valence-electron chi connectivity index (χ3n) is 2.59. The summed E-state index contributed by atoms with van der Waals surface area (Å²) >= 11 is 0.855. The second-order valence-electron chi connectivity index (χ2n) is 4.00. The largest absolute Gasteiger partial charge is 0.465 e. The smallest absolute Gasteiger partial charge is 0.326 e. The van der Waals surface area contributed by atoms with Crippen LogP contribution in [0.15, 0.2) is 30.3 Å². The average molecular weight is 294 g/mol. The first-order valence-electron chi connectivity index (χ1n) is 6.11. The molecule has 1 fully saturated rings. The number of nitrogens with one attached hydrogen (secondary N) is 1. The number of imide groups is 1. The predicted octanol–water partition coefficient (Wildman–Crippen LogP) is 1.68. The quantitative estimate of drug-likeness (QED) is 0.833. The molecule has 0 spiro atoms. The van der Waals surface area contributed by atoms with E-state index in [0.29, 0.717) is 0 Å². The van der Waals surface area contributed by atoms with Gasteiger partial charge in [0.05, 0.1) is 6.61 Å². The van der Waals surface area contributed by atoms with Gasteiger partial charge in [0.15, 0.2) is 5.37 Å². The molecule has 0 aliphatic carbocycles. The highest BCUT2D eigenvalue weighted by molar-refractivity contribution is 8.15. The molecular formula is C13H14N2O4S. The Kier molecular flexibility index (Phi) is 4.62. The van der Waals surface area contributed by atoms with Gasteiger partial charge in [-0.2, -0.15) is 0 Å². The number of benzene rings is 1. The van der Waals surface area contributed by atoms with Crippen molar-refractivity contribution < 1.29 is 19.1 Å². The summed E-state index contributed by atoms with van der Waals surface area (Å²) in [7, 11) is 0. The molecule has 1 aromatic carbocycles. The van der Waals surface area contributed by atoms with Crippen LogP contribution in [-0.4, -0.2) is 40.5 Å². The molecule has 1 atom stereocenters. The molecule has 0 aromatic heterocycles. The maximum absolute atomic E-state index is 12.1. The fourth-order valence-electron chi connectivity index (χ4n) is 1.70. The third-order valence-corrected chi connectivity index (χ3v) is 3.57. The SMILES string of the molecule is CCOC(=O)CN1C(=O)S[C@@H](Nc2ccccc2)C1=O. The highest BCUT2D eigenvalue weighted by Crippen LogP contribution is 2.27. The van der Waals surface area contributed by atoms with Gasteiger partial charge in [-0.1, -0.05) is 18.2 Å². The molecule has 1 N–H and O–H groups in total. The van der Waals surface area contributed by atoms with Gasteiger partial charge in [0.2, 0.25) is 0 Å². The van der Waals surface area contributed by atoms with E-state index >= 15 is 0 Å². The van der Waals surface area contributed by atoms with Crippen molar-refractivity contribution in [3.05, 3.63) is 30.3 Å². The minimum absolute atomic E-state index is 0.216. The minimum Gasteiger partial charge on any atom is -0.465 e. The molecule has 7 heteroatoms. The zero-order valence-electron chi connectivity index (χ0n) is 10.9. The topological polar surface area (TPSA) is 75.7 Å². The van der Waals surface area contributed by atoms with Crippen molar-refractivity contribution in [1.82, 2.24) is 4.90 Å². The lowest BCUT2D eigenvalue weighted by Crippen LogP contribution is -2.38. The molecule has 1 saturated heterocycles. The monoisotopic (exact) mass is 294 g/mol. The number of nitrogens with zero attached hydrogens (tertiary/aromatic N) is 1. The van der Waals surface area contributed by atoms with Gasteiger partial charge < -0.3 is 10.1 Å². The number of ether oxygens (including phenoxy) is 1. The third kappa shape index (κ3) is 3.30. The second kappa shape index (κ2) is 6.42. The Morgan fingerprint density at radius 3 is 2.70 bits per heavy atom. The Labute approximate surface area is 120 Å². The molecule has 0 bridgehead atoms. The average Bonchev–Trinajstić information content (AvgIpc) is 2.68. The van der Waals surface area contributed by atoms with Crippen LogP contribution >= 0.6 is 11.8 Å². The highest BCUT2D eigenvalue weighted by Gasteiger charge is 2.40. The van der Waals surface area contributed by atoms with Gasteiger partial charge in [0.1, 0.15) is 6.54 Å². The van der Waals surface area contributed by atoms with E-state index < -0.39 is 22.5 Å². The first-order valence-corrected chi connectivity index (χ1v) is 6.99. The van der Waals surface area contributed by atoms with Gasteiger partial charge in [0.25, 0.3) is 11.1 Å². The summed E-state index contributed by atoms with van der Waals surface area (Å²) in [5, 5.41) is 1.80. The van der Waals surface area contributed by atoms with E-state index in [-0.39, 0.29) is 13.2 Å². The van der Waals surface area contributed by atoms with Gasteiger partial charge in [-0.3, -0.25) is 19.3 Å². The standard InChI is InChI=1S/C13H14N2O4S/c1-2-19-10(16)8-15-12(17)11(20-13(15)18)14-9-6-4-3-5-7-9/h3-7,11,14H,2,8H2,1H3/t11-/m1/s1. The maximum atomic E-state index is 12.1. The molecule has 1 heterocycles. The molecule has 20 heavy (non-hydrogen) atoms. The maximum Gasteiger partial charge on any atom is 0.326 e. The summed E-state index contributed by atoms with van der Waals surface area (Å²) in [5.41, 5.74) is 0.740. The lowest BCUT2D eigenvalue weighted by atomic mass is 10.3. The minimum atomic E-state index is -0.709. The zero-order valence-corrected chi connectivity index (χ0v) is 11.7. The summed E-state index contributed by atoms with van der Waals surface area (Å²) in [6.07, 6.45) is 0. The predicted molar refractivity (Wildman–Crippen MR) is 75.2 cm³/mol. The van der Waals surface area contributed by atoms with Gasteiger partial charge in [-0.15, -0.1) is 0 Å². The molecule has 1 aliphatic heterocycles. The summed E-state index contributed by atoms with van der Waals surface area (Å²) in [6.45, 7) is 1.54. The lowest BCUT2D eigenvalue weighted by molar-refractivity contribution is -0.146. The Hall–Kier alpha value is -2.02. The van der Waals surface area contributed by atoms with E-state index in [9.17, 15) is 14.4 Å². The molecule has 6 nitrogen and oxygen atoms in total. The number of anilines is 1. The van der Waals surface area contributed by atoms with Crippen molar-refractivity contribution in [2.75, 3.05) is 18.5 Å². The van der Waals surface area contributed by atoms with E-state index in [1.54, 1.807) is 19.1 Å². The molecule has 0 saturated carbocycles. The fourth-order valence-corrected chi connectivity index (χ4v) is 2.61. The first-order chi connectivity index (χ1) is 9.61. The Balaban J connectivity index is 2.00. The molecule has 0 radical (unpaired) electrons. The van der Waals surface area contributed by atoms with E-state index in [1.807, 2.05) is 18.2 Å². The van der Waals surface area contributed by atoms with Crippen molar-refractivity contribution in [2.45, 2.75) is 12.3 Å².